The van der Waals surface area contributed by atoms with Gasteiger partial charge in [-0.15, -0.1) is 0 Å². The maximum absolute atomic E-state index is 11.9. The lowest BCUT2D eigenvalue weighted by Gasteiger charge is -1.99. The summed E-state index contributed by atoms with van der Waals surface area (Å²) in [5.41, 5.74) is 0. The van der Waals surface area contributed by atoms with Crippen LogP contribution in [0.2, 0.25) is 0 Å². The van der Waals surface area contributed by atoms with Gasteiger partial charge in [-0.25, -0.2) is 0 Å². The van der Waals surface area contributed by atoms with Crippen LogP contribution in [-0.2, 0) is 0 Å². The van der Waals surface area contributed by atoms with E-state index in [2.05, 4.69) is 4.42 Å². The summed E-state index contributed by atoms with van der Waals surface area (Å²) in [4.78, 5) is 10.6. The number of thioether (sulfide) groups is 1. The lowest BCUT2D eigenvalue weighted by Crippen LogP contribution is -2.23. The van der Waals surface area contributed by atoms with Crippen LogP contribution in [0.3, 0.4) is 0 Å². The van der Waals surface area contributed by atoms with Gasteiger partial charge in [0.2, 0.25) is 0 Å². The smallest absolute Gasteiger partial charge is 0.464 e. The summed E-state index contributed by atoms with van der Waals surface area (Å²) in [5.74, 6) is -3.40. The van der Waals surface area contributed by atoms with E-state index in [4.69, 9.17) is 0 Å². The van der Waals surface area contributed by atoms with Gasteiger partial charge in [0.1, 0.15) is 0 Å². The van der Waals surface area contributed by atoms with Gasteiger partial charge in [-0.1, -0.05) is 0 Å². The van der Waals surface area contributed by atoms with Crippen LogP contribution in [-0.4, -0.2) is 18.2 Å². The number of carbonyl (C=O) groups is 1. The molecular formula is C6H3F3O3S2. The summed E-state index contributed by atoms with van der Waals surface area (Å²) in [6.45, 7) is 0. The van der Waals surface area contributed by atoms with E-state index in [9.17, 15) is 23.1 Å². The fourth-order valence-electron chi connectivity index (χ4n) is 0.619. The van der Waals surface area contributed by atoms with E-state index in [-0.39, 0.29) is 4.41 Å². The van der Waals surface area contributed by atoms with E-state index in [0.29, 0.717) is 11.3 Å². The third-order valence-corrected chi connectivity index (χ3v) is 2.96. The Labute approximate surface area is 84.5 Å². The topological polar surface area (TPSA) is 51.4 Å². The molecule has 0 unspecified atom stereocenters. The van der Waals surface area contributed by atoms with Crippen molar-refractivity contribution in [1.29, 1.82) is 0 Å². The van der Waals surface area contributed by atoms with Crippen LogP contribution in [0.1, 0.15) is 10.6 Å². The lowest BCUT2D eigenvalue weighted by atomic mass is 10.3. The van der Waals surface area contributed by atoms with Crippen LogP contribution in [0.15, 0.2) is 8.82 Å². The SMILES string of the molecule is CSc1[o+]c(C(=O)C(F)(F)F)c([O-])s1. The predicted octanol–water partition coefficient (Wildman–Crippen LogP) is 2.16. The third kappa shape index (κ3) is 2.18. The highest BCUT2D eigenvalue weighted by Gasteiger charge is 2.47. The molecule has 0 saturated carbocycles. The maximum atomic E-state index is 11.9. The van der Waals surface area contributed by atoms with Crippen LogP contribution in [0.5, 0.6) is 5.06 Å². The molecule has 0 saturated heterocycles. The highest BCUT2D eigenvalue weighted by molar-refractivity contribution is 8.00. The average molecular weight is 244 g/mol. The summed E-state index contributed by atoms with van der Waals surface area (Å²) in [6, 6.07) is 0. The van der Waals surface area contributed by atoms with Gasteiger partial charge in [0.25, 0.3) is 0 Å². The van der Waals surface area contributed by atoms with Crippen molar-refractivity contribution >= 4 is 28.9 Å². The number of hydrogen-bond donors (Lipinski definition) is 0. The second-order valence-corrected chi connectivity index (χ2v) is 4.08. The molecule has 0 fully saturated rings. The molecule has 0 aromatic carbocycles. The van der Waals surface area contributed by atoms with E-state index in [1.807, 2.05) is 0 Å². The van der Waals surface area contributed by atoms with Gasteiger partial charge in [0.05, 0.1) is 5.06 Å². The molecule has 0 atom stereocenters. The second kappa shape index (κ2) is 3.77. The van der Waals surface area contributed by atoms with E-state index in [1.54, 1.807) is 0 Å². The van der Waals surface area contributed by atoms with E-state index >= 15 is 0 Å². The number of alkyl halides is 3. The Morgan fingerprint density at radius 2 is 2.14 bits per heavy atom. The fraction of sp³-hybridized carbons (Fsp3) is 0.333. The quantitative estimate of drug-likeness (QED) is 0.454. The van der Waals surface area contributed by atoms with Gasteiger partial charge in [0.15, 0.2) is 0 Å². The Kier molecular flexibility index (Phi) is 3.05. The van der Waals surface area contributed by atoms with Crippen molar-refractivity contribution in [3.63, 3.8) is 0 Å². The Balaban J connectivity index is 3.07. The molecule has 0 aliphatic rings. The fourth-order valence-corrected chi connectivity index (χ4v) is 1.85. The van der Waals surface area contributed by atoms with Crippen LogP contribution in [0, 0.1) is 0 Å². The first-order valence-corrected chi connectivity index (χ1v) is 5.20. The van der Waals surface area contributed by atoms with Gasteiger partial charge < -0.3 is 5.11 Å². The monoisotopic (exact) mass is 244 g/mol. The molecule has 0 bridgehead atoms. The molecule has 8 heteroatoms. The maximum Gasteiger partial charge on any atom is 0.464 e. The van der Waals surface area contributed by atoms with Crippen molar-refractivity contribution in [3.8, 4) is 5.06 Å². The Morgan fingerprint density at radius 1 is 1.57 bits per heavy atom. The predicted molar refractivity (Wildman–Crippen MR) is 42.6 cm³/mol. The summed E-state index contributed by atoms with van der Waals surface area (Å²) < 4.78 is 40.1. The number of hydrogen-bond acceptors (Lipinski definition) is 4. The van der Waals surface area contributed by atoms with Gasteiger partial charge in [-0.2, -0.15) is 17.6 Å². The molecule has 0 spiro atoms. The van der Waals surface area contributed by atoms with Crippen molar-refractivity contribution in [2.75, 3.05) is 6.26 Å². The van der Waals surface area contributed by atoms with Gasteiger partial charge in [-0.3, -0.25) is 4.79 Å². The van der Waals surface area contributed by atoms with Crippen LogP contribution in [0.25, 0.3) is 0 Å². The molecule has 3 nitrogen and oxygen atoms in total. The molecule has 1 aromatic rings. The number of rotatable bonds is 2. The molecule has 0 amide bonds. The molecular weight excluding hydrogens is 241 g/mol. The highest BCUT2D eigenvalue weighted by Crippen LogP contribution is 2.35. The van der Waals surface area contributed by atoms with Crippen LogP contribution < -0.4 is 5.11 Å². The molecule has 78 valence electrons. The summed E-state index contributed by atoms with van der Waals surface area (Å²) in [5, 5.41) is 9.87. The molecule has 1 heterocycles. The van der Waals surface area contributed by atoms with Gasteiger partial charge >= 0.3 is 22.1 Å². The van der Waals surface area contributed by atoms with Crippen molar-refractivity contribution in [3.05, 3.63) is 5.76 Å². The number of carbonyl (C=O) groups excluding carboxylic acids is 1. The molecule has 0 N–H and O–H groups in total. The summed E-state index contributed by atoms with van der Waals surface area (Å²) >= 11 is 1.44. The van der Waals surface area contributed by atoms with Gasteiger partial charge in [0, 0.05) is 0 Å². The van der Waals surface area contributed by atoms with E-state index < -0.39 is 22.8 Å². The third-order valence-electron chi connectivity index (χ3n) is 1.18. The summed E-state index contributed by atoms with van der Waals surface area (Å²) in [6.07, 6.45) is -3.55. The van der Waals surface area contributed by atoms with Crippen molar-refractivity contribution in [1.82, 2.24) is 0 Å². The minimum Gasteiger partial charge on any atom is -0.858 e. The van der Waals surface area contributed by atoms with Crippen molar-refractivity contribution < 1.29 is 27.5 Å². The zero-order valence-electron chi connectivity index (χ0n) is 6.68. The average Bonchev–Trinajstić information content (AvgIpc) is 2.43. The zero-order valence-corrected chi connectivity index (χ0v) is 8.31. The lowest BCUT2D eigenvalue weighted by molar-refractivity contribution is -0.264. The largest absolute Gasteiger partial charge is 0.858 e. The standard InChI is InChI=1S/C6H3F3O3S2/c1-13-5-12-2(4(11)14-5)3(10)6(7,8)9/h1H3. The first-order chi connectivity index (χ1) is 6.36. The molecule has 1 rings (SSSR count). The first-order valence-electron chi connectivity index (χ1n) is 3.15. The minimum absolute atomic E-state index is 0.0302. The Hall–Kier alpha value is -0.760. The van der Waals surface area contributed by atoms with Crippen LogP contribution in [0.4, 0.5) is 13.2 Å². The molecule has 1 aromatic heterocycles. The van der Waals surface area contributed by atoms with Crippen LogP contribution >= 0.6 is 23.1 Å². The number of ketones is 1. The Morgan fingerprint density at radius 3 is 2.50 bits per heavy atom. The molecule has 14 heavy (non-hydrogen) atoms. The van der Waals surface area contributed by atoms with E-state index in [1.165, 1.54) is 6.26 Å². The number of Topliss-reactive ketones (excluding diaryl/α,β-unsaturated/α-hetero) is 1. The van der Waals surface area contributed by atoms with Crippen molar-refractivity contribution in [2.24, 2.45) is 0 Å². The van der Waals surface area contributed by atoms with Crippen molar-refractivity contribution in [2.45, 2.75) is 10.6 Å². The first kappa shape index (κ1) is 11.3. The zero-order chi connectivity index (χ0) is 10.9. The minimum atomic E-state index is -5.07. The summed E-state index contributed by atoms with van der Waals surface area (Å²) in [7, 11) is 0. The highest BCUT2D eigenvalue weighted by atomic mass is 32.2. The number of halogens is 3. The molecule has 0 aliphatic heterocycles. The van der Waals surface area contributed by atoms with Gasteiger partial charge in [-0.05, 0) is 29.4 Å². The molecule has 0 radical (unpaired) electrons. The Bertz CT molecular complexity index is 358. The molecule has 0 aliphatic carbocycles. The van der Waals surface area contributed by atoms with E-state index in [0.717, 1.165) is 11.8 Å². The second-order valence-electron chi connectivity index (χ2n) is 2.10. The normalized spacial score (nSPS) is 11.7.